The van der Waals surface area contributed by atoms with E-state index < -0.39 is 0 Å². The van der Waals surface area contributed by atoms with Gasteiger partial charge >= 0.3 is 0 Å². The molecule has 1 aliphatic rings. The van der Waals surface area contributed by atoms with Gasteiger partial charge in [0.05, 0.1) is 11.4 Å². The van der Waals surface area contributed by atoms with E-state index >= 15 is 0 Å². The minimum atomic E-state index is 0.680. The zero-order chi connectivity index (χ0) is 39.5. The standard InChI is InChI=1S/C56H39N3/c1-38-11-3-2-4-13-47-35-46(32-33-52(47)53-18-8-7-16-49(38)53)39-22-30-45(31-23-39)56-58-54(43-26-20-40(21-27-43)48-15-10-34-57-37-48)36-55(59-56)44-28-24-42(25-29-44)51-19-9-14-41-12-5-6-17-50(41)51/h2-12,14-37H,1,13H2/b4-2-,11-3-. The molecule has 0 spiro atoms. The van der Waals surface area contributed by atoms with Crippen LogP contribution in [0.2, 0.25) is 0 Å². The normalized spacial score (nSPS) is 13.3. The van der Waals surface area contributed by atoms with Gasteiger partial charge < -0.3 is 0 Å². The third kappa shape index (κ3) is 7.22. The quantitative estimate of drug-likeness (QED) is 0.170. The highest BCUT2D eigenvalue weighted by molar-refractivity contribution is 5.97. The molecule has 1 aliphatic carbocycles. The van der Waals surface area contributed by atoms with E-state index in [2.05, 4.69) is 206 Å². The molecule has 10 rings (SSSR count). The molecule has 0 fully saturated rings. The summed E-state index contributed by atoms with van der Waals surface area (Å²) in [5.74, 6) is 0.680. The summed E-state index contributed by atoms with van der Waals surface area (Å²) in [6.45, 7) is 4.35. The molecular formula is C56H39N3. The smallest absolute Gasteiger partial charge is 0.160 e. The molecule has 2 aromatic heterocycles. The number of rotatable bonds is 6. The predicted molar refractivity (Wildman–Crippen MR) is 246 cm³/mol. The van der Waals surface area contributed by atoms with Crippen molar-refractivity contribution in [2.45, 2.75) is 6.42 Å². The van der Waals surface area contributed by atoms with Crippen molar-refractivity contribution < 1.29 is 0 Å². The SMILES string of the molecule is C=C1/C=C\C=C/Cc2cc(-c3ccc(-c4nc(-c5ccc(-c6cccnc6)cc5)cc(-c5ccc(-c6cccc7ccccc67)cc5)n4)cc3)ccc2-c2ccccc21. The molecule has 0 aliphatic heterocycles. The first kappa shape index (κ1) is 35.6. The Morgan fingerprint density at radius 1 is 0.424 bits per heavy atom. The van der Waals surface area contributed by atoms with Crippen molar-refractivity contribution in [2.75, 3.05) is 0 Å². The Hall–Kier alpha value is -7.75. The van der Waals surface area contributed by atoms with Crippen LogP contribution in [-0.2, 0) is 6.42 Å². The van der Waals surface area contributed by atoms with Crippen molar-refractivity contribution in [1.29, 1.82) is 0 Å². The van der Waals surface area contributed by atoms with Crippen LogP contribution in [0.5, 0.6) is 0 Å². The summed E-state index contributed by atoms with van der Waals surface area (Å²) < 4.78 is 0. The first-order valence-corrected chi connectivity index (χ1v) is 20.0. The number of hydrogen-bond acceptors (Lipinski definition) is 3. The van der Waals surface area contributed by atoms with Crippen LogP contribution in [0.3, 0.4) is 0 Å². The highest BCUT2D eigenvalue weighted by Crippen LogP contribution is 2.37. The first-order chi connectivity index (χ1) is 29.1. The molecule has 7 aromatic carbocycles. The van der Waals surface area contributed by atoms with Gasteiger partial charge in [0.15, 0.2) is 5.82 Å². The topological polar surface area (TPSA) is 38.7 Å². The fourth-order valence-electron chi connectivity index (χ4n) is 8.09. The largest absolute Gasteiger partial charge is 0.264 e. The summed E-state index contributed by atoms with van der Waals surface area (Å²) in [6, 6.07) is 62.4. The summed E-state index contributed by atoms with van der Waals surface area (Å²) in [5.41, 5.74) is 17.5. The lowest BCUT2D eigenvalue weighted by Crippen LogP contribution is -1.96. The summed E-state index contributed by atoms with van der Waals surface area (Å²) in [6.07, 6.45) is 13.0. The van der Waals surface area contributed by atoms with Crippen molar-refractivity contribution in [2.24, 2.45) is 0 Å². The molecule has 0 amide bonds. The third-order valence-corrected chi connectivity index (χ3v) is 11.2. The Morgan fingerprint density at radius 3 is 1.78 bits per heavy atom. The number of allylic oxidation sites excluding steroid dienone is 5. The number of aromatic nitrogens is 3. The van der Waals surface area contributed by atoms with Gasteiger partial charge in [-0.05, 0) is 90.5 Å². The summed E-state index contributed by atoms with van der Waals surface area (Å²) in [7, 11) is 0. The average Bonchev–Trinajstić information content (AvgIpc) is 3.31. The lowest BCUT2D eigenvalue weighted by molar-refractivity contribution is 1.18. The Labute approximate surface area is 345 Å². The van der Waals surface area contributed by atoms with Crippen LogP contribution in [0, 0.1) is 0 Å². The number of nitrogens with zero attached hydrogens (tertiary/aromatic N) is 3. The van der Waals surface area contributed by atoms with E-state index in [-0.39, 0.29) is 0 Å². The molecule has 2 heterocycles. The van der Waals surface area contributed by atoms with E-state index in [0.717, 1.165) is 62.3 Å². The zero-order valence-electron chi connectivity index (χ0n) is 32.5. The molecule has 9 aromatic rings. The number of pyridine rings is 1. The molecule has 0 bridgehead atoms. The highest BCUT2D eigenvalue weighted by atomic mass is 14.9. The van der Waals surface area contributed by atoms with Gasteiger partial charge in [-0.2, -0.15) is 0 Å². The van der Waals surface area contributed by atoms with Crippen molar-refractivity contribution in [3.8, 4) is 78.4 Å². The maximum Gasteiger partial charge on any atom is 0.160 e. The van der Waals surface area contributed by atoms with Gasteiger partial charge in [-0.25, -0.2) is 9.97 Å². The van der Waals surface area contributed by atoms with E-state index in [0.29, 0.717) is 5.82 Å². The second-order valence-corrected chi connectivity index (χ2v) is 14.9. The molecule has 0 unspecified atom stereocenters. The van der Waals surface area contributed by atoms with Gasteiger partial charge in [0, 0.05) is 29.1 Å². The van der Waals surface area contributed by atoms with E-state index in [9.17, 15) is 0 Å². The van der Waals surface area contributed by atoms with Crippen LogP contribution in [0.25, 0.3) is 94.8 Å². The molecule has 3 nitrogen and oxygen atoms in total. The van der Waals surface area contributed by atoms with Crippen LogP contribution in [0.1, 0.15) is 11.1 Å². The number of fused-ring (bicyclic) bond motifs is 4. The molecule has 0 saturated carbocycles. The summed E-state index contributed by atoms with van der Waals surface area (Å²) in [4.78, 5) is 14.7. The van der Waals surface area contributed by atoms with Crippen molar-refractivity contribution >= 4 is 16.3 Å². The Bertz CT molecular complexity index is 3040. The molecular weight excluding hydrogens is 715 g/mol. The average molecular weight is 754 g/mol. The number of hydrogen-bond donors (Lipinski definition) is 0. The molecule has 0 N–H and O–H groups in total. The van der Waals surface area contributed by atoms with E-state index in [4.69, 9.17) is 9.97 Å². The van der Waals surface area contributed by atoms with Crippen LogP contribution in [0.4, 0.5) is 0 Å². The molecule has 278 valence electrons. The van der Waals surface area contributed by atoms with Crippen LogP contribution in [0.15, 0.2) is 219 Å². The second-order valence-electron chi connectivity index (χ2n) is 14.9. The second kappa shape index (κ2) is 15.7. The van der Waals surface area contributed by atoms with Gasteiger partial charge in [0.1, 0.15) is 0 Å². The Balaban J connectivity index is 1.02. The van der Waals surface area contributed by atoms with Crippen molar-refractivity contribution in [3.05, 3.63) is 230 Å². The summed E-state index contributed by atoms with van der Waals surface area (Å²) >= 11 is 0. The maximum absolute atomic E-state index is 5.20. The Kier molecular flexibility index (Phi) is 9.46. The van der Waals surface area contributed by atoms with Crippen LogP contribution < -0.4 is 0 Å². The molecule has 0 saturated heterocycles. The molecule has 0 atom stereocenters. The molecule has 0 radical (unpaired) electrons. The number of benzene rings is 7. The van der Waals surface area contributed by atoms with Crippen LogP contribution in [-0.4, -0.2) is 15.0 Å². The van der Waals surface area contributed by atoms with E-state index in [1.165, 1.54) is 44.2 Å². The zero-order valence-corrected chi connectivity index (χ0v) is 32.5. The Morgan fingerprint density at radius 2 is 1.03 bits per heavy atom. The fourth-order valence-corrected chi connectivity index (χ4v) is 8.09. The van der Waals surface area contributed by atoms with Gasteiger partial charge in [-0.3, -0.25) is 4.98 Å². The molecule has 3 heteroatoms. The first-order valence-electron chi connectivity index (χ1n) is 20.0. The fraction of sp³-hybridized carbons (Fsp3) is 0.0179. The van der Waals surface area contributed by atoms with Gasteiger partial charge in [0.2, 0.25) is 0 Å². The predicted octanol–water partition coefficient (Wildman–Crippen LogP) is 14.4. The van der Waals surface area contributed by atoms with Crippen molar-refractivity contribution in [3.63, 3.8) is 0 Å². The monoisotopic (exact) mass is 753 g/mol. The minimum absolute atomic E-state index is 0.680. The van der Waals surface area contributed by atoms with Gasteiger partial charge in [-0.15, -0.1) is 0 Å². The molecule has 59 heavy (non-hydrogen) atoms. The van der Waals surface area contributed by atoms with E-state index in [1.54, 1.807) is 6.20 Å². The summed E-state index contributed by atoms with van der Waals surface area (Å²) in [5, 5.41) is 2.47. The lowest BCUT2D eigenvalue weighted by atomic mass is 9.88. The minimum Gasteiger partial charge on any atom is -0.264 e. The van der Waals surface area contributed by atoms with Crippen molar-refractivity contribution in [1.82, 2.24) is 15.0 Å². The lowest BCUT2D eigenvalue weighted by Gasteiger charge is -2.16. The maximum atomic E-state index is 5.20. The highest BCUT2D eigenvalue weighted by Gasteiger charge is 2.15. The third-order valence-electron chi connectivity index (χ3n) is 11.2. The van der Waals surface area contributed by atoms with Gasteiger partial charge in [-0.1, -0.05) is 195 Å². The van der Waals surface area contributed by atoms with E-state index in [1.807, 2.05) is 12.3 Å². The van der Waals surface area contributed by atoms with Crippen LogP contribution >= 0.6 is 0 Å². The van der Waals surface area contributed by atoms with Gasteiger partial charge in [0.25, 0.3) is 0 Å².